The summed E-state index contributed by atoms with van der Waals surface area (Å²) in [6.07, 6.45) is -0.589. The molecule has 0 amide bonds. The van der Waals surface area contributed by atoms with Crippen LogP contribution in [0.4, 0.5) is 4.39 Å². The average Bonchev–Trinajstić information content (AvgIpc) is 2.16. The average molecular weight is 212 g/mol. The molecule has 3 nitrogen and oxygen atoms in total. The van der Waals surface area contributed by atoms with Gasteiger partial charge in [-0.2, -0.15) is 0 Å². The van der Waals surface area contributed by atoms with E-state index in [-0.39, 0.29) is 0 Å². The van der Waals surface area contributed by atoms with E-state index in [1.54, 1.807) is 19.1 Å². The molecule has 0 aromatic heterocycles. The highest BCUT2D eigenvalue weighted by Crippen LogP contribution is 2.23. The van der Waals surface area contributed by atoms with Crippen LogP contribution in [0.25, 0.3) is 0 Å². The molecule has 15 heavy (non-hydrogen) atoms. The van der Waals surface area contributed by atoms with E-state index in [0.717, 1.165) is 0 Å². The summed E-state index contributed by atoms with van der Waals surface area (Å²) in [5.74, 6) is -0.438. The van der Waals surface area contributed by atoms with Crippen molar-refractivity contribution in [3.05, 3.63) is 29.6 Å². The molecule has 0 N–H and O–H groups in total. The van der Waals surface area contributed by atoms with Gasteiger partial charge < -0.3 is 9.47 Å². The lowest BCUT2D eigenvalue weighted by molar-refractivity contribution is -0.145. The quantitative estimate of drug-likeness (QED) is 0.722. The van der Waals surface area contributed by atoms with Crippen molar-refractivity contribution in [3.63, 3.8) is 0 Å². The molecule has 0 heterocycles. The summed E-state index contributed by atoms with van der Waals surface area (Å²) in [5, 5.41) is 0. The third kappa shape index (κ3) is 2.94. The summed E-state index contributed by atoms with van der Waals surface area (Å²) in [7, 11) is 1.46. The van der Waals surface area contributed by atoms with Gasteiger partial charge >= 0.3 is 5.97 Å². The smallest absolute Gasteiger partial charge is 0.303 e. The second-order valence-electron chi connectivity index (χ2n) is 3.14. The zero-order valence-electron chi connectivity index (χ0n) is 8.91. The van der Waals surface area contributed by atoms with Gasteiger partial charge in [0.25, 0.3) is 0 Å². The summed E-state index contributed by atoms with van der Waals surface area (Å²) >= 11 is 0. The highest BCUT2D eigenvalue weighted by molar-refractivity contribution is 5.66. The van der Waals surface area contributed by atoms with E-state index in [4.69, 9.17) is 9.47 Å². The van der Waals surface area contributed by atoms with Crippen LogP contribution in [0.3, 0.4) is 0 Å². The molecule has 0 aliphatic heterocycles. The van der Waals surface area contributed by atoms with Gasteiger partial charge in [0.2, 0.25) is 0 Å². The number of hydrogen-bond acceptors (Lipinski definition) is 3. The Hall–Kier alpha value is -1.58. The van der Waals surface area contributed by atoms with Gasteiger partial charge in [-0.1, -0.05) is 0 Å². The van der Waals surface area contributed by atoms with Crippen molar-refractivity contribution in [3.8, 4) is 5.75 Å². The van der Waals surface area contributed by atoms with E-state index >= 15 is 0 Å². The van der Waals surface area contributed by atoms with Crippen molar-refractivity contribution in [1.82, 2.24) is 0 Å². The summed E-state index contributed by atoms with van der Waals surface area (Å²) in [6.45, 7) is 2.91. The molecule has 0 spiro atoms. The number of carbonyl (C=O) groups is 1. The first-order valence-corrected chi connectivity index (χ1v) is 4.55. The zero-order valence-corrected chi connectivity index (χ0v) is 8.91. The van der Waals surface area contributed by atoms with Gasteiger partial charge in [0, 0.05) is 18.6 Å². The van der Waals surface area contributed by atoms with Crippen molar-refractivity contribution in [1.29, 1.82) is 0 Å². The van der Waals surface area contributed by atoms with Crippen LogP contribution < -0.4 is 4.74 Å². The van der Waals surface area contributed by atoms with Crippen LogP contribution in [-0.4, -0.2) is 13.1 Å². The van der Waals surface area contributed by atoms with Gasteiger partial charge in [0.05, 0.1) is 7.11 Å². The Bertz CT molecular complexity index is 363. The molecule has 1 atom stereocenters. The molecule has 0 radical (unpaired) electrons. The normalized spacial score (nSPS) is 12.0. The van der Waals surface area contributed by atoms with Crippen molar-refractivity contribution in [2.24, 2.45) is 0 Å². The van der Waals surface area contributed by atoms with Gasteiger partial charge in [-0.25, -0.2) is 4.39 Å². The maximum atomic E-state index is 13.5. The van der Waals surface area contributed by atoms with Crippen molar-refractivity contribution in [2.45, 2.75) is 20.0 Å². The van der Waals surface area contributed by atoms with Crippen molar-refractivity contribution >= 4 is 5.97 Å². The zero-order chi connectivity index (χ0) is 11.4. The first kappa shape index (κ1) is 11.5. The fraction of sp³-hybridized carbons (Fsp3) is 0.364. The SMILES string of the molecule is COc1ccc(C(C)OC(C)=O)c(F)c1. The van der Waals surface area contributed by atoms with Crippen LogP contribution in [0.1, 0.15) is 25.5 Å². The third-order valence-corrected chi connectivity index (χ3v) is 1.99. The second-order valence-corrected chi connectivity index (χ2v) is 3.14. The van der Waals surface area contributed by atoms with Crippen LogP contribution >= 0.6 is 0 Å². The molecule has 1 aromatic carbocycles. The van der Waals surface area contributed by atoms with E-state index < -0.39 is 17.9 Å². The van der Waals surface area contributed by atoms with Crippen molar-refractivity contribution < 1.29 is 18.7 Å². The number of methoxy groups -OCH3 is 1. The first-order chi connectivity index (χ1) is 7.04. The van der Waals surface area contributed by atoms with Gasteiger partial charge in [-0.05, 0) is 19.1 Å². The van der Waals surface area contributed by atoms with Gasteiger partial charge in [-0.15, -0.1) is 0 Å². The molecule has 82 valence electrons. The molecule has 4 heteroatoms. The Kier molecular flexibility index (Phi) is 3.66. The molecular formula is C11H13FO3. The van der Waals surface area contributed by atoms with Crippen LogP contribution in [-0.2, 0) is 9.53 Å². The van der Waals surface area contributed by atoms with E-state index in [0.29, 0.717) is 11.3 Å². The Labute approximate surface area is 87.8 Å². The molecular weight excluding hydrogens is 199 g/mol. The Morgan fingerprint density at radius 2 is 2.13 bits per heavy atom. The topological polar surface area (TPSA) is 35.5 Å². The summed E-state index contributed by atoms with van der Waals surface area (Å²) in [6, 6.07) is 4.43. The van der Waals surface area contributed by atoms with E-state index in [1.807, 2.05) is 0 Å². The summed E-state index contributed by atoms with van der Waals surface area (Å²) in [5.41, 5.74) is 0.339. The van der Waals surface area contributed by atoms with Gasteiger partial charge in [0.1, 0.15) is 17.7 Å². The number of ether oxygens (including phenoxy) is 2. The minimum Gasteiger partial charge on any atom is -0.497 e. The predicted octanol–water partition coefficient (Wildman–Crippen LogP) is 2.46. The van der Waals surface area contributed by atoms with Crippen LogP contribution in [0.15, 0.2) is 18.2 Å². The van der Waals surface area contributed by atoms with E-state index in [1.165, 1.54) is 20.1 Å². The fourth-order valence-corrected chi connectivity index (χ4v) is 1.28. The predicted molar refractivity (Wildman–Crippen MR) is 53.1 cm³/mol. The van der Waals surface area contributed by atoms with Crippen LogP contribution in [0, 0.1) is 5.82 Å². The molecule has 1 aromatic rings. The lowest BCUT2D eigenvalue weighted by Gasteiger charge is -2.13. The second kappa shape index (κ2) is 4.77. The molecule has 1 unspecified atom stereocenters. The van der Waals surface area contributed by atoms with Gasteiger partial charge in [-0.3, -0.25) is 4.79 Å². The molecule has 0 aliphatic rings. The highest BCUT2D eigenvalue weighted by atomic mass is 19.1. The van der Waals surface area contributed by atoms with Crippen LogP contribution in [0.2, 0.25) is 0 Å². The minimum atomic E-state index is -0.589. The molecule has 0 fully saturated rings. The van der Waals surface area contributed by atoms with Crippen molar-refractivity contribution in [2.75, 3.05) is 7.11 Å². The largest absolute Gasteiger partial charge is 0.497 e. The molecule has 0 bridgehead atoms. The monoisotopic (exact) mass is 212 g/mol. The molecule has 0 saturated carbocycles. The van der Waals surface area contributed by atoms with E-state index in [9.17, 15) is 9.18 Å². The minimum absolute atomic E-state index is 0.339. The number of esters is 1. The molecule has 0 aliphatic carbocycles. The number of benzene rings is 1. The number of halogens is 1. The highest BCUT2D eigenvalue weighted by Gasteiger charge is 2.13. The molecule has 1 rings (SSSR count). The summed E-state index contributed by atoms with van der Waals surface area (Å²) in [4.78, 5) is 10.7. The lowest BCUT2D eigenvalue weighted by atomic mass is 10.1. The first-order valence-electron chi connectivity index (χ1n) is 4.55. The Balaban J connectivity index is 2.90. The number of hydrogen-bond donors (Lipinski definition) is 0. The van der Waals surface area contributed by atoms with Gasteiger partial charge in [0.15, 0.2) is 0 Å². The fourth-order valence-electron chi connectivity index (χ4n) is 1.28. The lowest BCUT2D eigenvalue weighted by Crippen LogP contribution is -2.06. The Morgan fingerprint density at radius 1 is 1.47 bits per heavy atom. The van der Waals surface area contributed by atoms with E-state index in [2.05, 4.69) is 0 Å². The Morgan fingerprint density at radius 3 is 2.60 bits per heavy atom. The molecule has 0 saturated heterocycles. The summed E-state index contributed by atoms with van der Waals surface area (Å²) < 4.78 is 23.2. The maximum Gasteiger partial charge on any atom is 0.303 e. The maximum absolute atomic E-state index is 13.5. The number of rotatable bonds is 3. The van der Waals surface area contributed by atoms with Crippen LogP contribution in [0.5, 0.6) is 5.75 Å². The third-order valence-electron chi connectivity index (χ3n) is 1.99. The standard InChI is InChI=1S/C11H13FO3/c1-7(15-8(2)13)10-5-4-9(14-3)6-11(10)12/h4-7H,1-3H3. The number of carbonyl (C=O) groups excluding carboxylic acids is 1.